The fourth-order valence-corrected chi connectivity index (χ4v) is 3.56. The van der Waals surface area contributed by atoms with E-state index in [-0.39, 0.29) is 10.6 Å². The van der Waals surface area contributed by atoms with Gasteiger partial charge >= 0.3 is 0 Å². The molecule has 98 valence electrons. The van der Waals surface area contributed by atoms with Crippen LogP contribution in [-0.4, -0.2) is 23.0 Å². The highest BCUT2D eigenvalue weighted by atomic mass is 35.5. The van der Waals surface area contributed by atoms with Crippen LogP contribution >= 0.6 is 23.4 Å². The van der Waals surface area contributed by atoms with E-state index in [0.717, 1.165) is 6.54 Å². The number of hydrogen-bond donors (Lipinski definition) is 1. The largest absolute Gasteiger partial charge is 0.312 e. The Hall–Kier alpha value is -0.780. The molecule has 1 heterocycles. The smallest absolute Gasteiger partial charge is 0.275 e. The molecule has 18 heavy (non-hydrogen) atoms. The van der Waals surface area contributed by atoms with E-state index in [1.54, 1.807) is 12.1 Å². The summed E-state index contributed by atoms with van der Waals surface area (Å²) in [6.07, 6.45) is 1.22. The topological polar surface area (TPSA) is 55.2 Å². The van der Waals surface area contributed by atoms with Crippen LogP contribution < -0.4 is 5.32 Å². The lowest BCUT2D eigenvalue weighted by atomic mass is 10.1. The lowest BCUT2D eigenvalue weighted by molar-refractivity contribution is -0.385. The monoisotopic (exact) mass is 286 g/mol. The average molecular weight is 287 g/mol. The number of nitro benzene ring substituents is 1. The highest BCUT2D eigenvalue weighted by Crippen LogP contribution is 2.26. The molecule has 4 nitrogen and oxygen atoms in total. The third-order valence-electron chi connectivity index (χ3n) is 3.05. The molecular formula is C12H15ClN2O2S. The van der Waals surface area contributed by atoms with E-state index < -0.39 is 0 Å². The molecule has 1 N–H and O–H groups in total. The van der Waals surface area contributed by atoms with Crippen molar-refractivity contribution in [3.63, 3.8) is 0 Å². The van der Waals surface area contributed by atoms with Gasteiger partial charge in [-0.3, -0.25) is 10.1 Å². The number of benzene rings is 1. The van der Waals surface area contributed by atoms with Gasteiger partial charge in [0.25, 0.3) is 5.69 Å². The second kappa shape index (κ2) is 6.41. The van der Waals surface area contributed by atoms with Gasteiger partial charge in [-0.2, -0.15) is 11.8 Å². The molecule has 6 heteroatoms. The van der Waals surface area contributed by atoms with Crippen molar-refractivity contribution in [2.45, 2.75) is 13.0 Å². The Labute approximate surface area is 115 Å². The van der Waals surface area contributed by atoms with Crippen molar-refractivity contribution < 1.29 is 4.92 Å². The molecule has 0 amide bonds. The van der Waals surface area contributed by atoms with Gasteiger partial charge in [0, 0.05) is 12.6 Å². The minimum absolute atomic E-state index is 0.0933. The van der Waals surface area contributed by atoms with Crippen LogP contribution in [0.3, 0.4) is 0 Å². The van der Waals surface area contributed by atoms with Crippen molar-refractivity contribution >= 4 is 29.1 Å². The van der Waals surface area contributed by atoms with Gasteiger partial charge in [0.1, 0.15) is 0 Å². The van der Waals surface area contributed by atoms with Crippen LogP contribution in [0.4, 0.5) is 5.69 Å². The maximum Gasteiger partial charge on any atom is 0.275 e. The number of nitro groups is 1. The van der Waals surface area contributed by atoms with Gasteiger partial charge in [0.2, 0.25) is 0 Å². The molecule has 0 aliphatic carbocycles. The standard InChI is InChI=1S/C12H15ClN2O2S/c13-11-2-1-3-12(15(16)17)10(11)7-14-6-9-4-5-18-8-9/h1-3,9,14H,4-8H2. The minimum atomic E-state index is -0.381. The Morgan fingerprint density at radius 2 is 2.39 bits per heavy atom. The fourth-order valence-electron chi connectivity index (χ4n) is 2.04. The quantitative estimate of drug-likeness (QED) is 0.667. The first-order valence-corrected chi connectivity index (χ1v) is 7.42. The van der Waals surface area contributed by atoms with Gasteiger partial charge in [-0.1, -0.05) is 17.7 Å². The summed E-state index contributed by atoms with van der Waals surface area (Å²) in [5, 5.41) is 14.6. The van der Waals surface area contributed by atoms with Crippen LogP contribution in [0, 0.1) is 16.0 Å². The lowest BCUT2D eigenvalue weighted by Gasteiger charge is -2.11. The third-order valence-corrected chi connectivity index (χ3v) is 4.64. The average Bonchev–Trinajstić information content (AvgIpc) is 2.84. The van der Waals surface area contributed by atoms with E-state index in [0.29, 0.717) is 23.0 Å². The molecule has 0 bridgehead atoms. The summed E-state index contributed by atoms with van der Waals surface area (Å²) in [6, 6.07) is 4.79. The first-order valence-electron chi connectivity index (χ1n) is 5.88. The van der Waals surface area contributed by atoms with Gasteiger partial charge in [0.15, 0.2) is 0 Å². The van der Waals surface area contributed by atoms with Crippen molar-refractivity contribution in [1.29, 1.82) is 0 Å². The van der Waals surface area contributed by atoms with Crippen LogP contribution in [0.25, 0.3) is 0 Å². The summed E-state index contributed by atoms with van der Waals surface area (Å²) < 4.78 is 0. The van der Waals surface area contributed by atoms with Gasteiger partial charge < -0.3 is 5.32 Å². The maximum absolute atomic E-state index is 10.9. The summed E-state index contributed by atoms with van der Waals surface area (Å²) in [6.45, 7) is 1.35. The summed E-state index contributed by atoms with van der Waals surface area (Å²) >= 11 is 7.99. The SMILES string of the molecule is O=[N+]([O-])c1cccc(Cl)c1CNCC1CCSC1. The van der Waals surface area contributed by atoms with Crippen LogP contribution in [0.1, 0.15) is 12.0 Å². The van der Waals surface area contributed by atoms with Crippen LogP contribution in [0.15, 0.2) is 18.2 Å². The van der Waals surface area contributed by atoms with Crippen molar-refractivity contribution in [3.8, 4) is 0 Å². The minimum Gasteiger partial charge on any atom is -0.312 e. The first-order chi connectivity index (χ1) is 8.68. The molecule has 1 saturated heterocycles. The van der Waals surface area contributed by atoms with E-state index in [9.17, 15) is 10.1 Å². The molecule has 1 aliphatic rings. The zero-order valence-electron chi connectivity index (χ0n) is 9.89. The summed E-state index contributed by atoms with van der Waals surface area (Å²) in [4.78, 5) is 10.5. The highest BCUT2D eigenvalue weighted by molar-refractivity contribution is 7.99. The van der Waals surface area contributed by atoms with Crippen LogP contribution in [-0.2, 0) is 6.54 Å². The van der Waals surface area contributed by atoms with Crippen LogP contribution in [0.5, 0.6) is 0 Å². The molecule has 1 unspecified atom stereocenters. The van der Waals surface area contributed by atoms with E-state index in [1.807, 2.05) is 11.8 Å². The summed E-state index contributed by atoms with van der Waals surface area (Å²) in [5.41, 5.74) is 0.672. The highest BCUT2D eigenvalue weighted by Gasteiger charge is 2.18. The van der Waals surface area contributed by atoms with Crippen molar-refractivity contribution in [2.24, 2.45) is 5.92 Å². The van der Waals surface area contributed by atoms with Crippen molar-refractivity contribution in [3.05, 3.63) is 38.9 Å². The number of nitrogens with one attached hydrogen (secondary N) is 1. The van der Waals surface area contributed by atoms with Crippen molar-refractivity contribution in [1.82, 2.24) is 5.32 Å². The van der Waals surface area contributed by atoms with Gasteiger partial charge in [-0.15, -0.1) is 0 Å². The number of nitrogens with zero attached hydrogens (tertiary/aromatic N) is 1. The maximum atomic E-state index is 10.9. The van der Waals surface area contributed by atoms with Gasteiger partial charge in [-0.05, 0) is 36.5 Å². The Kier molecular flexibility index (Phi) is 4.86. The molecule has 1 atom stereocenters. The number of halogens is 1. The Morgan fingerprint density at radius 3 is 3.06 bits per heavy atom. The number of thioether (sulfide) groups is 1. The van der Waals surface area contributed by atoms with E-state index in [2.05, 4.69) is 5.32 Å². The molecule has 1 aromatic carbocycles. The zero-order valence-corrected chi connectivity index (χ0v) is 11.5. The molecule has 2 rings (SSSR count). The van der Waals surface area contributed by atoms with Crippen molar-refractivity contribution in [2.75, 3.05) is 18.1 Å². The van der Waals surface area contributed by atoms with E-state index in [1.165, 1.54) is 24.0 Å². The van der Waals surface area contributed by atoms with Gasteiger partial charge in [-0.25, -0.2) is 0 Å². The van der Waals surface area contributed by atoms with E-state index in [4.69, 9.17) is 11.6 Å². The number of hydrogen-bond acceptors (Lipinski definition) is 4. The second-order valence-corrected chi connectivity index (χ2v) is 5.91. The molecule has 0 spiro atoms. The fraction of sp³-hybridized carbons (Fsp3) is 0.500. The summed E-state index contributed by atoms with van der Waals surface area (Å²) in [7, 11) is 0. The lowest BCUT2D eigenvalue weighted by Crippen LogP contribution is -2.22. The van der Waals surface area contributed by atoms with E-state index >= 15 is 0 Å². The molecule has 0 saturated carbocycles. The Bertz CT molecular complexity index is 436. The Morgan fingerprint density at radius 1 is 1.56 bits per heavy atom. The first kappa shape index (κ1) is 13.6. The Balaban J connectivity index is 1.97. The predicted octanol–water partition coefficient (Wildman–Crippen LogP) is 3.09. The summed E-state index contributed by atoms with van der Waals surface area (Å²) in [5.74, 6) is 3.08. The number of rotatable bonds is 5. The molecule has 1 aliphatic heterocycles. The molecule has 0 radical (unpaired) electrons. The predicted molar refractivity (Wildman–Crippen MR) is 75.2 cm³/mol. The zero-order chi connectivity index (χ0) is 13.0. The second-order valence-electron chi connectivity index (χ2n) is 4.36. The molecule has 1 fully saturated rings. The molecular weight excluding hydrogens is 272 g/mol. The van der Waals surface area contributed by atoms with Crippen LogP contribution in [0.2, 0.25) is 5.02 Å². The normalized spacial score (nSPS) is 19.1. The third kappa shape index (κ3) is 3.37. The molecule has 0 aromatic heterocycles. The molecule has 1 aromatic rings. The van der Waals surface area contributed by atoms with Gasteiger partial charge in [0.05, 0.1) is 15.5 Å².